The molecule has 4 heteroatoms. The summed E-state index contributed by atoms with van der Waals surface area (Å²) in [6.45, 7) is 2.88. The second-order valence-corrected chi connectivity index (χ2v) is 4.24. The summed E-state index contributed by atoms with van der Waals surface area (Å²) >= 11 is 0. The molecular weight excluding hydrogens is 236 g/mol. The van der Waals surface area contributed by atoms with Crippen molar-refractivity contribution >= 4 is 16.7 Å². The number of hydrogen-bond acceptors (Lipinski definition) is 4. The fourth-order valence-electron chi connectivity index (χ4n) is 2.00. The fraction of sp³-hybridized carbons (Fsp3) is 0.133. The van der Waals surface area contributed by atoms with Crippen LogP contribution < -0.4 is 5.32 Å². The van der Waals surface area contributed by atoms with Gasteiger partial charge in [0, 0.05) is 29.8 Å². The van der Waals surface area contributed by atoms with E-state index in [0.29, 0.717) is 0 Å². The number of nitrogens with one attached hydrogen (secondary N) is 1. The summed E-state index contributed by atoms with van der Waals surface area (Å²) in [5.41, 5.74) is 2.87. The molecule has 94 valence electrons. The van der Waals surface area contributed by atoms with Gasteiger partial charge in [0.2, 0.25) is 0 Å². The minimum atomic E-state index is 0.834. The summed E-state index contributed by atoms with van der Waals surface area (Å²) in [5.74, 6) is 0.834. The first kappa shape index (κ1) is 11.6. The minimum absolute atomic E-state index is 0.834. The maximum absolute atomic E-state index is 4.45. The Labute approximate surface area is 111 Å². The van der Waals surface area contributed by atoms with Crippen LogP contribution in [0, 0.1) is 0 Å². The summed E-state index contributed by atoms with van der Waals surface area (Å²) < 4.78 is 0. The zero-order valence-electron chi connectivity index (χ0n) is 10.7. The van der Waals surface area contributed by atoms with Crippen molar-refractivity contribution in [3.8, 4) is 11.3 Å². The molecule has 3 aromatic rings. The van der Waals surface area contributed by atoms with E-state index in [4.69, 9.17) is 0 Å². The van der Waals surface area contributed by atoms with Crippen molar-refractivity contribution in [2.45, 2.75) is 6.92 Å². The molecule has 0 bridgehead atoms. The monoisotopic (exact) mass is 250 g/mol. The molecule has 0 saturated heterocycles. The molecule has 0 spiro atoms. The highest BCUT2D eigenvalue weighted by molar-refractivity contribution is 5.82. The maximum atomic E-state index is 4.45. The first-order chi connectivity index (χ1) is 9.36. The van der Waals surface area contributed by atoms with E-state index < -0.39 is 0 Å². The van der Waals surface area contributed by atoms with Crippen molar-refractivity contribution in [3.63, 3.8) is 0 Å². The topological polar surface area (TPSA) is 50.7 Å². The molecule has 1 aromatic carbocycles. The van der Waals surface area contributed by atoms with Crippen molar-refractivity contribution in [1.29, 1.82) is 0 Å². The molecule has 0 aliphatic carbocycles. The summed E-state index contributed by atoms with van der Waals surface area (Å²) in [6, 6.07) is 12.1. The quantitative estimate of drug-likeness (QED) is 0.776. The van der Waals surface area contributed by atoms with Gasteiger partial charge in [-0.15, -0.1) is 0 Å². The van der Waals surface area contributed by atoms with Crippen molar-refractivity contribution in [1.82, 2.24) is 15.0 Å². The minimum Gasteiger partial charge on any atom is -0.370 e. The van der Waals surface area contributed by atoms with Gasteiger partial charge in [0.15, 0.2) is 0 Å². The van der Waals surface area contributed by atoms with Crippen molar-refractivity contribution in [3.05, 3.63) is 48.9 Å². The van der Waals surface area contributed by atoms with E-state index in [1.165, 1.54) is 0 Å². The molecule has 0 radical (unpaired) electrons. The molecule has 19 heavy (non-hydrogen) atoms. The van der Waals surface area contributed by atoms with Gasteiger partial charge in [-0.2, -0.15) is 0 Å². The van der Waals surface area contributed by atoms with E-state index in [0.717, 1.165) is 34.5 Å². The van der Waals surface area contributed by atoms with E-state index >= 15 is 0 Å². The van der Waals surface area contributed by atoms with Crippen LogP contribution in [-0.2, 0) is 0 Å². The highest BCUT2D eigenvalue weighted by Gasteiger charge is 2.03. The van der Waals surface area contributed by atoms with Crippen molar-refractivity contribution in [2.24, 2.45) is 0 Å². The SMILES string of the molecule is CCNc1cc(-c2cnc3ccccc3c2)ncn1. The van der Waals surface area contributed by atoms with Gasteiger partial charge in [0.25, 0.3) is 0 Å². The largest absolute Gasteiger partial charge is 0.370 e. The molecule has 0 unspecified atom stereocenters. The molecule has 3 rings (SSSR count). The molecule has 0 aliphatic heterocycles. The number of rotatable bonds is 3. The van der Waals surface area contributed by atoms with Gasteiger partial charge in [-0.1, -0.05) is 18.2 Å². The van der Waals surface area contributed by atoms with Gasteiger partial charge < -0.3 is 5.32 Å². The molecule has 0 atom stereocenters. The van der Waals surface area contributed by atoms with E-state index in [9.17, 15) is 0 Å². The number of benzene rings is 1. The summed E-state index contributed by atoms with van der Waals surface area (Å²) in [7, 11) is 0. The maximum Gasteiger partial charge on any atom is 0.129 e. The van der Waals surface area contributed by atoms with Crippen LogP contribution >= 0.6 is 0 Å². The van der Waals surface area contributed by atoms with Crippen molar-refractivity contribution in [2.75, 3.05) is 11.9 Å². The molecule has 0 amide bonds. The van der Waals surface area contributed by atoms with Crippen molar-refractivity contribution < 1.29 is 0 Å². The average molecular weight is 250 g/mol. The lowest BCUT2D eigenvalue weighted by Gasteiger charge is -2.05. The van der Waals surface area contributed by atoms with E-state index in [2.05, 4.69) is 32.4 Å². The Morgan fingerprint density at radius 3 is 2.84 bits per heavy atom. The number of anilines is 1. The number of fused-ring (bicyclic) bond motifs is 1. The first-order valence-electron chi connectivity index (χ1n) is 6.28. The van der Waals surface area contributed by atoms with Crippen LogP contribution in [0.4, 0.5) is 5.82 Å². The van der Waals surface area contributed by atoms with Gasteiger partial charge in [-0.3, -0.25) is 4.98 Å². The molecule has 1 N–H and O–H groups in total. The Morgan fingerprint density at radius 2 is 1.95 bits per heavy atom. The Kier molecular flexibility index (Phi) is 3.06. The third kappa shape index (κ3) is 2.38. The lowest BCUT2D eigenvalue weighted by atomic mass is 10.1. The van der Waals surface area contributed by atoms with Crippen LogP contribution in [0.25, 0.3) is 22.2 Å². The third-order valence-electron chi connectivity index (χ3n) is 2.91. The van der Waals surface area contributed by atoms with Gasteiger partial charge in [-0.25, -0.2) is 9.97 Å². The predicted molar refractivity (Wildman–Crippen MR) is 76.9 cm³/mol. The normalized spacial score (nSPS) is 10.6. The number of nitrogens with zero attached hydrogens (tertiary/aromatic N) is 3. The third-order valence-corrected chi connectivity index (χ3v) is 2.91. The Balaban J connectivity index is 2.05. The van der Waals surface area contributed by atoms with Gasteiger partial charge in [0.05, 0.1) is 11.2 Å². The van der Waals surface area contributed by atoms with Gasteiger partial charge >= 0.3 is 0 Å². The van der Waals surface area contributed by atoms with Crippen LogP contribution in [0.1, 0.15) is 6.92 Å². The molecule has 2 heterocycles. The van der Waals surface area contributed by atoms with Crippen LogP contribution in [-0.4, -0.2) is 21.5 Å². The van der Waals surface area contributed by atoms with Crippen LogP contribution in [0.2, 0.25) is 0 Å². The molecule has 0 aliphatic rings. The Hall–Kier alpha value is -2.49. The lowest BCUT2D eigenvalue weighted by Crippen LogP contribution is -2.00. The zero-order valence-corrected chi connectivity index (χ0v) is 10.7. The first-order valence-corrected chi connectivity index (χ1v) is 6.28. The smallest absolute Gasteiger partial charge is 0.129 e. The molecule has 0 saturated carbocycles. The number of hydrogen-bond donors (Lipinski definition) is 1. The fourth-order valence-corrected chi connectivity index (χ4v) is 2.00. The lowest BCUT2D eigenvalue weighted by molar-refractivity contribution is 1.11. The number of para-hydroxylation sites is 1. The standard InChI is InChI=1S/C15H14N4/c1-2-16-15-8-14(18-10-19-15)12-7-11-5-3-4-6-13(11)17-9-12/h3-10H,2H2,1H3,(H,16,18,19). The second-order valence-electron chi connectivity index (χ2n) is 4.24. The number of aromatic nitrogens is 3. The van der Waals surface area contributed by atoms with Gasteiger partial charge in [-0.05, 0) is 19.1 Å². The summed E-state index contributed by atoms with van der Waals surface area (Å²) in [4.78, 5) is 12.9. The highest BCUT2D eigenvalue weighted by Crippen LogP contribution is 2.21. The summed E-state index contributed by atoms with van der Waals surface area (Å²) in [5, 5.41) is 4.30. The Bertz CT molecular complexity index is 709. The van der Waals surface area contributed by atoms with Crippen LogP contribution in [0.3, 0.4) is 0 Å². The van der Waals surface area contributed by atoms with E-state index in [1.54, 1.807) is 6.33 Å². The molecular formula is C15H14N4. The summed E-state index contributed by atoms with van der Waals surface area (Å²) in [6.07, 6.45) is 3.42. The zero-order chi connectivity index (χ0) is 13.1. The van der Waals surface area contributed by atoms with E-state index in [-0.39, 0.29) is 0 Å². The van der Waals surface area contributed by atoms with Crippen LogP contribution in [0.15, 0.2) is 48.9 Å². The second kappa shape index (κ2) is 5.02. The molecule has 2 aromatic heterocycles. The molecule has 4 nitrogen and oxygen atoms in total. The predicted octanol–water partition coefficient (Wildman–Crippen LogP) is 3.12. The average Bonchev–Trinajstić information content (AvgIpc) is 2.47. The Morgan fingerprint density at radius 1 is 1.05 bits per heavy atom. The highest BCUT2D eigenvalue weighted by atomic mass is 15.0. The number of pyridine rings is 1. The molecule has 0 fully saturated rings. The van der Waals surface area contributed by atoms with Gasteiger partial charge in [0.1, 0.15) is 12.1 Å². The van der Waals surface area contributed by atoms with Crippen LogP contribution in [0.5, 0.6) is 0 Å². The van der Waals surface area contributed by atoms with E-state index in [1.807, 2.05) is 37.4 Å².